The van der Waals surface area contributed by atoms with Crippen LogP contribution >= 0.6 is 0 Å². The molecule has 0 radical (unpaired) electrons. The van der Waals surface area contributed by atoms with Gasteiger partial charge in [0.05, 0.1) is 39.9 Å². The minimum Gasteiger partial charge on any atom is -0.493 e. The molecular formula is C28H35NO11. The summed E-state index contributed by atoms with van der Waals surface area (Å²) in [5.74, 6) is -0.0123. The summed E-state index contributed by atoms with van der Waals surface area (Å²) in [5.41, 5.74) is 3.25. The number of hydrogen-bond acceptors (Lipinski definition) is 11. The predicted molar refractivity (Wildman–Crippen MR) is 138 cm³/mol. The van der Waals surface area contributed by atoms with Crippen molar-refractivity contribution in [3.05, 3.63) is 34.6 Å². The van der Waals surface area contributed by atoms with E-state index in [1.54, 1.807) is 24.1 Å². The maximum absolute atomic E-state index is 13.2. The highest BCUT2D eigenvalue weighted by Crippen LogP contribution is 2.60. The molecule has 1 aromatic rings. The highest BCUT2D eigenvalue weighted by Gasteiger charge is 2.55. The molecule has 1 aliphatic heterocycles. The van der Waals surface area contributed by atoms with Gasteiger partial charge in [-0.1, -0.05) is 0 Å². The van der Waals surface area contributed by atoms with Gasteiger partial charge in [0.2, 0.25) is 23.7 Å². The van der Waals surface area contributed by atoms with Crippen molar-refractivity contribution in [2.75, 3.05) is 35.0 Å². The molecule has 0 bridgehead atoms. The Morgan fingerprint density at radius 2 is 1.77 bits per heavy atom. The lowest BCUT2D eigenvalue weighted by Gasteiger charge is -2.42. The van der Waals surface area contributed by atoms with Crippen molar-refractivity contribution < 1.29 is 53.7 Å². The van der Waals surface area contributed by atoms with Crippen molar-refractivity contribution in [3.63, 3.8) is 0 Å². The van der Waals surface area contributed by atoms with Crippen molar-refractivity contribution in [1.82, 2.24) is 4.90 Å². The summed E-state index contributed by atoms with van der Waals surface area (Å²) in [6.07, 6.45) is -4.54. The van der Waals surface area contributed by atoms with Gasteiger partial charge in [0, 0.05) is 25.5 Å². The molecule has 1 aromatic carbocycles. The summed E-state index contributed by atoms with van der Waals surface area (Å²) >= 11 is 0. The molecule has 0 saturated carbocycles. The van der Waals surface area contributed by atoms with E-state index < -0.39 is 43.2 Å². The van der Waals surface area contributed by atoms with Crippen LogP contribution in [0.1, 0.15) is 24.5 Å². The van der Waals surface area contributed by atoms with E-state index in [1.807, 2.05) is 0 Å². The summed E-state index contributed by atoms with van der Waals surface area (Å²) in [7, 11) is 6.08. The molecule has 1 heterocycles. The lowest BCUT2D eigenvalue weighted by molar-refractivity contribution is -0.277. The first kappa shape index (κ1) is 28.4. The van der Waals surface area contributed by atoms with Crippen LogP contribution in [0, 0.1) is 11.8 Å². The van der Waals surface area contributed by atoms with Crippen molar-refractivity contribution in [3.8, 4) is 17.2 Å². The summed E-state index contributed by atoms with van der Waals surface area (Å²) in [5, 5.41) is 40.5. The Morgan fingerprint density at radius 1 is 1.07 bits per heavy atom. The maximum atomic E-state index is 13.2. The lowest BCUT2D eigenvalue weighted by atomic mass is 9.64. The van der Waals surface area contributed by atoms with Crippen molar-refractivity contribution in [1.29, 1.82) is 0 Å². The van der Waals surface area contributed by atoms with Crippen molar-refractivity contribution in [2.45, 2.75) is 56.5 Å². The van der Waals surface area contributed by atoms with Gasteiger partial charge in [-0.05, 0) is 41.7 Å². The lowest BCUT2D eigenvalue weighted by Crippen LogP contribution is -2.60. The highest BCUT2D eigenvalue weighted by molar-refractivity contribution is 6.08. The third-order valence-corrected chi connectivity index (χ3v) is 8.48. The van der Waals surface area contributed by atoms with Crippen LogP contribution < -0.4 is 14.2 Å². The number of fused-ring (bicyclic) bond motifs is 5. The molecule has 12 heteroatoms. The monoisotopic (exact) mass is 561 g/mol. The zero-order valence-electron chi connectivity index (χ0n) is 23.0. The first-order valence-electron chi connectivity index (χ1n) is 13.1. The second kappa shape index (κ2) is 10.7. The van der Waals surface area contributed by atoms with E-state index in [1.165, 1.54) is 28.3 Å². The normalized spacial score (nSPS) is 32.6. The quantitative estimate of drug-likeness (QED) is 0.348. The second-order valence-corrected chi connectivity index (χ2v) is 10.4. The maximum Gasteiger partial charge on any atom is 0.229 e. The first-order chi connectivity index (χ1) is 19.1. The van der Waals surface area contributed by atoms with Crippen LogP contribution in [0.25, 0.3) is 5.57 Å². The van der Waals surface area contributed by atoms with E-state index in [0.717, 1.165) is 22.3 Å². The molecule has 4 aliphatic rings. The van der Waals surface area contributed by atoms with Crippen LogP contribution in [-0.4, -0.2) is 109 Å². The van der Waals surface area contributed by atoms with Gasteiger partial charge in [0.1, 0.15) is 24.4 Å². The van der Waals surface area contributed by atoms with Gasteiger partial charge < -0.3 is 49.0 Å². The minimum absolute atomic E-state index is 0.120. The fraction of sp³-hybridized carbons (Fsp3) is 0.571. The number of benzene rings is 1. The third-order valence-electron chi connectivity index (χ3n) is 8.48. The largest absolute Gasteiger partial charge is 0.493 e. The number of aliphatic hydroxyl groups excluding tert-OH is 4. The van der Waals surface area contributed by atoms with Gasteiger partial charge in [-0.25, -0.2) is 0 Å². The van der Waals surface area contributed by atoms with E-state index >= 15 is 0 Å². The number of likely N-dealkylation sites (N-methyl/N-ethyl adjacent to an activating group) is 1. The Bertz CT molecular complexity index is 1270. The summed E-state index contributed by atoms with van der Waals surface area (Å²) in [6.45, 7) is 0.884. The molecule has 218 valence electrons. The molecule has 5 rings (SSSR count). The second-order valence-electron chi connectivity index (χ2n) is 10.4. The molecule has 40 heavy (non-hydrogen) atoms. The van der Waals surface area contributed by atoms with Gasteiger partial charge in [0.15, 0.2) is 17.3 Å². The Kier molecular flexibility index (Phi) is 7.57. The molecule has 4 N–H and O–H groups in total. The van der Waals surface area contributed by atoms with Crippen LogP contribution in [0.2, 0.25) is 0 Å². The molecule has 3 aliphatic carbocycles. The highest BCUT2D eigenvalue weighted by atomic mass is 16.7. The van der Waals surface area contributed by atoms with Gasteiger partial charge in [-0.2, -0.15) is 0 Å². The van der Waals surface area contributed by atoms with Crippen molar-refractivity contribution >= 4 is 17.3 Å². The number of carbonyl (C=O) groups excluding carboxylic acids is 2. The number of ether oxygens (including phenoxy) is 5. The summed E-state index contributed by atoms with van der Waals surface area (Å²) in [4.78, 5) is 27.3. The van der Waals surface area contributed by atoms with Gasteiger partial charge in [-0.3, -0.25) is 9.59 Å². The first-order valence-corrected chi connectivity index (χ1v) is 13.1. The zero-order valence-corrected chi connectivity index (χ0v) is 23.0. The van der Waals surface area contributed by atoms with E-state index in [4.69, 9.17) is 23.7 Å². The number of aryl methyl sites for hydroxylation is 1. The Labute approximate surface area is 231 Å². The topological polar surface area (TPSA) is 164 Å². The van der Waals surface area contributed by atoms with Crippen molar-refractivity contribution in [2.24, 2.45) is 11.8 Å². The molecular weight excluding hydrogens is 526 g/mol. The van der Waals surface area contributed by atoms with E-state index in [2.05, 4.69) is 0 Å². The van der Waals surface area contributed by atoms with Crippen LogP contribution in [0.15, 0.2) is 23.5 Å². The molecule has 8 unspecified atom stereocenters. The van der Waals surface area contributed by atoms with Gasteiger partial charge in [0.25, 0.3) is 0 Å². The third kappa shape index (κ3) is 4.17. The number of carbonyl (C=O) groups is 2. The SMILES string of the molecule is COC1=CC2C3=C(C2C1=O)C(N(C)C(C)=O)CCc1cc(OC2OC(CO)C(O)C(O)C2O)c(OC)c(OC)c13. The number of aliphatic hydroxyl groups is 4. The molecule has 8 atom stereocenters. The molecule has 1 fully saturated rings. The van der Waals surface area contributed by atoms with Crippen LogP contribution in [0.5, 0.6) is 17.2 Å². The predicted octanol–water partition coefficient (Wildman–Crippen LogP) is -0.212. The Balaban J connectivity index is 1.63. The average Bonchev–Trinajstić information content (AvgIpc) is 3.12. The van der Waals surface area contributed by atoms with E-state index in [9.17, 15) is 30.0 Å². The van der Waals surface area contributed by atoms with Crippen LogP contribution in [-0.2, 0) is 25.5 Å². The molecule has 1 saturated heterocycles. The number of methoxy groups -OCH3 is 3. The Hall–Kier alpha value is -3.16. The summed E-state index contributed by atoms with van der Waals surface area (Å²) in [6, 6.07) is 1.39. The fourth-order valence-corrected chi connectivity index (χ4v) is 6.37. The number of allylic oxidation sites excluding steroid dienone is 3. The van der Waals surface area contributed by atoms with E-state index in [-0.39, 0.29) is 40.9 Å². The van der Waals surface area contributed by atoms with Crippen LogP contribution in [0.4, 0.5) is 0 Å². The number of hydrogen-bond donors (Lipinski definition) is 4. The minimum atomic E-state index is -1.62. The number of ketones is 1. The van der Waals surface area contributed by atoms with Crippen LogP contribution in [0.3, 0.4) is 0 Å². The number of nitrogens with zero attached hydrogens (tertiary/aromatic N) is 1. The standard InChI is InChI=1S/C28H35NO11/c1-11(31)29(2)14-7-6-12-8-16(39-28-25(35)24(34)23(33)17(10-30)40-28)26(37-4)27(38-5)18(12)19-13-9-15(36-3)22(32)20(13)21(14)19/h8-9,13-14,17,20,23-25,28,30,33-35H,6-7,10H2,1-5H3. The smallest absolute Gasteiger partial charge is 0.229 e. The number of amides is 1. The number of Topliss-reactive ketones (excluding diaryl/α,β-unsaturated/α-hetero) is 1. The molecule has 1 amide bonds. The van der Waals surface area contributed by atoms with Gasteiger partial charge >= 0.3 is 0 Å². The average molecular weight is 562 g/mol. The Morgan fingerprint density at radius 3 is 2.38 bits per heavy atom. The summed E-state index contributed by atoms with van der Waals surface area (Å²) < 4.78 is 28.5. The molecule has 12 nitrogen and oxygen atoms in total. The van der Waals surface area contributed by atoms with Gasteiger partial charge in [-0.15, -0.1) is 0 Å². The number of rotatable bonds is 7. The fourth-order valence-electron chi connectivity index (χ4n) is 6.37. The zero-order chi connectivity index (χ0) is 29.0. The van der Waals surface area contributed by atoms with E-state index in [0.29, 0.717) is 18.6 Å². The molecule has 0 aromatic heterocycles. The molecule has 0 spiro atoms.